The third-order valence-corrected chi connectivity index (χ3v) is 5.79. The molecule has 0 spiro atoms. The molecule has 0 unspecified atom stereocenters. The summed E-state index contributed by atoms with van der Waals surface area (Å²) in [7, 11) is 0. The Morgan fingerprint density at radius 2 is 1.33 bits per heavy atom. The van der Waals surface area contributed by atoms with E-state index in [9.17, 15) is 0 Å². The first kappa shape index (κ1) is 17.3. The predicted molar refractivity (Wildman–Crippen MR) is 107 cm³/mol. The highest BCUT2D eigenvalue weighted by molar-refractivity contribution is 6.17. The van der Waals surface area contributed by atoms with Gasteiger partial charge in [-0.25, -0.2) is 0 Å². The molecule has 0 nitrogen and oxygen atoms in total. The molecular formula is C23H27Cl. The molecule has 0 aromatic heterocycles. The van der Waals surface area contributed by atoms with Crippen LogP contribution in [0.3, 0.4) is 0 Å². The summed E-state index contributed by atoms with van der Waals surface area (Å²) in [6.45, 7) is 9.49. The molecule has 0 atom stereocenters. The monoisotopic (exact) mass is 338 g/mol. The van der Waals surface area contributed by atoms with E-state index in [1.807, 2.05) is 0 Å². The molecule has 0 saturated carbocycles. The Labute approximate surface area is 151 Å². The summed E-state index contributed by atoms with van der Waals surface area (Å²) in [4.78, 5) is 0. The molecule has 2 aromatic rings. The van der Waals surface area contributed by atoms with Gasteiger partial charge in [-0.05, 0) is 51.5 Å². The summed E-state index contributed by atoms with van der Waals surface area (Å²) in [5.41, 5.74) is 7.22. The summed E-state index contributed by atoms with van der Waals surface area (Å²) in [5, 5.41) is 0. The maximum absolute atomic E-state index is 5.85. The van der Waals surface area contributed by atoms with Crippen molar-refractivity contribution in [1.82, 2.24) is 0 Å². The van der Waals surface area contributed by atoms with Gasteiger partial charge in [-0.1, -0.05) is 82.3 Å². The first-order valence-corrected chi connectivity index (χ1v) is 9.33. The van der Waals surface area contributed by atoms with Gasteiger partial charge in [0.1, 0.15) is 0 Å². The number of rotatable bonds is 3. The van der Waals surface area contributed by atoms with Gasteiger partial charge in [-0.2, -0.15) is 0 Å². The molecule has 0 N–H and O–H groups in total. The van der Waals surface area contributed by atoms with Crippen molar-refractivity contribution in [1.29, 1.82) is 0 Å². The van der Waals surface area contributed by atoms with E-state index < -0.39 is 0 Å². The molecule has 0 saturated heterocycles. The van der Waals surface area contributed by atoms with Crippen molar-refractivity contribution < 1.29 is 0 Å². The first-order chi connectivity index (χ1) is 11.3. The molecule has 0 heterocycles. The van der Waals surface area contributed by atoms with Gasteiger partial charge in [0.2, 0.25) is 0 Å². The van der Waals surface area contributed by atoms with Crippen LogP contribution < -0.4 is 0 Å². The molecule has 126 valence electrons. The topological polar surface area (TPSA) is 0 Å². The van der Waals surface area contributed by atoms with Crippen LogP contribution in [0.1, 0.15) is 68.4 Å². The number of fused-ring (bicyclic) bond motifs is 1. The lowest BCUT2D eigenvalue weighted by molar-refractivity contribution is 0.332. The molecule has 0 radical (unpaired) electrons. The second-order valence-corrected chi connectivity index (χ2v) is 8.55. The summed E-state index contributed by atoms with van der Waals surface area (Å²) in [6.07, 6.45) is 6.91. The van der Waals surface area contributed by atoms with E-state index in [0.29, 0.717) is 5.88 Å². The van der Waals surface area contributed by atoms with Gasteiger partial charge in [0.25, 0.3) is 0 Å². The summed E-state index contributed by atoms with van der Waals surface area (Å²) < 4.78 is 0. The van der Waals surface area contributed by atoms with E-state index >= 15 is 0 Å². The average Bonchev–Trinajstić information content (AvgIpc) is 2.58. The maximum atomic E-state index is 5.85. The Morgan fingerprint density at radius 3 is 1.96 bits per heavy atom. The first-order valence-electron chi connectivity index (χ1n) is 8.80. The molecule has 1 aliphatic rings. The summed E-state index contributed by atoms with van der Waals surface area (Å²) >= 11 is 5.85. The second kappa shape index (κ2) is 6.41. The molecular weight excluding hydrogens is 312 g/mol. The lowest BCUT2D eigenvalue weighted by Gasteiger charge is -2.42. The zero-order chi connectivity index (χ0) is 17.4. The Hall–Kier alpha value is -1.53. The Kier molecular flexibility index (Phi) is 4.62. The Bertz CT molecular complexity index is 748. The fourth-order valence-corrected chi connectivity index (χ4v) is 3.80. The quantitative estimate of drug-likeness (QED) is 0.419. The number of hydrogen-bond acceptors (Lipinski definition) is 0. The Morgan fingerprint density at radius 1 is 0.792 bits per heavy atom. The Balaban J connectivity index is 1.91. The highest BCUT2D eigenvalue weighted by atomic mass is 35.5. The molecule has 3 rings (SSSR count). The van der Waals surface area contributed by atoms with E-state index in [1.165, 1.54) is 35.1 Å². The van der Waals surface area contributed by atoms with Gasteiger partial charge in [0.05, 0.1) is 0 Å². The van der Waals surface area contributed by atoms with E-state index in [1.54, 1.807) is 0 Å². The lowest BCUT2D eigenvalue weighted by atomic mass is 9.63. The second-order valence-electron chi connectivity index (χ2n) is 8.28. The van der Waals surface area contributed by atoms with Crippen molar-refractivity contribution >= 4 is 23.8 Å². The van der Waals surface area contributed by atoms with Crippen LogP contribution in [0.15, 0.2) is 42.5 Å². The third-order valence-electron chi connectivity index (χ3n) is 5.48. The smallest absolute Gasteiger partial charge is 0.0474 e. The van der Waals surface area contributed by atoms with Crippen molar-refractivity contribution in [3.63, 3.8) is 0 Å². The van der Waals surface area contributed by atoms with Crippen LogP contribution in [0.5, 0.6) is 0 Å². The van der Waals surface area contributed by atoms with Crippen LogP contribution in [-0.2, 0) is 16.7 Å². The minimum atomic E-state index is 0.261. The van der Waals surface area contributed by atoms with Gasteiger partial charge in [-0.15, -0.1) is 11.6 Å². The highest BCUT2D eigenvalue weighted by Crippen LogP contribution is 2.45. The van der Waals surface area contributed by atoms with Crippen molar-refractivity contribution in [2.45, 2.75) is 57.2 Å². The largest absolute Gasteiger partial charge is 0.122 e. The summed E-state index contributed by atoms with van der Waals surface area (Å²) in [5.74, 6) is 0.569. The standard InChI is InChI=1S/C23H27Cl/c1-22(2)13-14-23(3,4)21-15-18(11-12-20(21)22)8-5-17-6-9-19(16-24)10-7-17/h5-12,15H,13-14,16H2,1-4H3/b8-5+. The van der Waals surface area contributed by atoms with Crippen LogP contribution in [0.2, 0.25) is 0 Å². The van der Waals surface area contributed by atoms with E-state index in [4.69, 9.17) is 11.6 Å². The van der Waals surface area contributed by atoms with Crippen molar-refractivity contribution in [2.75, 3.05) is 0 Å². The molecule has 2 aromatic carbocycles. The average molecular weight is 339 g/mol. The highest BCUT2D eigenvalue weighted by Gasteiger charge is 2.36. The lowest BCUT2D eigenvalue weighted by Crippen LogP contribution is -2.33. The van der Waals surface area contributed by atoms with Gasteiger partial charge in [0, 0.05) is 5.88 Å². The van der Waals surface area contributed by atoms with Crippen LogP contribution in [0.4, 0.5) is 0 Å². The van der Waals surface area contributed by atoms with Crippen LogP contribution in [0, 0.1) is 0 Å². The zero-order valence-electron chi connectivity index (χ0n) is 15.2. The third kappa shape index (κ3) is 3.44. The van der Waals surface area contributed by atoms with Crippen LogP contribution >= 0.6 is 11.6 Å². The number of halogens is 1. The summed E-state index contributed by atoms with van der Waals surface area (Å²) in [6, 6.07) is 15.4. The van der Waals surface area contributed by atoms with Gasteiger partial charge >= 0.3 is 0 Å². The van der Waals surface area contributed by atoms with Crippen molar-refractivity contribution in [3.05, 3.63) is 70.3 Å². The van der Waals surface area contributed by atoms with Gasteiger partial charge < -0.3 is 0 Å². The molecule has 1 heteroatoms. The molecule has 0 amide bonds. The molecule has 0 fully saturated rings. The van der Waals surface area contributed by atoms with Gasteiger partial charge in [0.15, 0.2) is 0 Å². The van der Waals surface area contributed by atoms with E-state index in [2.05, 4.69) is 82.3 Å². The fourth-order valence-electron chi connectivity index (χ4n) is 3.62. The minimum absolute atomic E-state index is 0.261. The number of benzene rings is 2. The molecule has 0 aliphatic heterocycles. The van der Waals surface area contributed by atoms with E-state index in [0.717, 1.165) is 5.56 Å². The SMILES string of the molecule is CC1(C)CCC(C)(C)c2cc(/C=C/c3ccc(CCl)cc3)ccc21. The predicted octanol–water partition coefficient (Wildman–Crippen LogP) is 6.94. The number of hydrogen-bond donors (Lipinski definition) is 0. The van der Waals surface area contributed by atoms with E-state index in [-0.39, 0.29) is 10.8 Å². The van der Waals surface area contributed by atoms with Crippen LogP contribution in [0.25, 0.3) is 12.2 Å². The van der Waals surface area contributed by atoms with Crippen molar-refractivity contribution in [2.24, 2.45) is 0 Å². The fraction of sp³-hybridized carbons (Fsp3) is 0.391. The zero-order valence-corrected chi connectivity index (χ0v) is 16.0. The minimum Gasteiger partial charge on any atom is -0.122 e. The molecule has 0 bridgehead atoms. The van der Waals surface area contributed by atoms with Gasteiger partial charge in [-0.3, -0.25) is 0 Å². The maximum Gasteiger partial charge on any atom is 0.0474 e. The molecule has 1 aliphatic carbocycles. The number of alkyl halides is 1. The molecule has 24 heavy (non-hydrogen) atoms. The van der Waals surface area contributed by atoms with Crippen molar-refractivity contribution in [3.8, 4) is 0 Å². The normalized spacial score (nSPS) is 18.5. The van der Waals surface area contributed by atoms with Crippen LogP contribution in [-0.4, -0.2) is 0 Å².